The molecule has 1 atom stereocenters. The fourth-order valence-electron chi connectivity index (χ4n) is 5.01. The molecule has 1 aliphatic rings. The lowest BCUT2D eigenvalue weighted by Crippen LogP contribution is -2.26. The second-order valence-electron chi connectivity index (χ2n) is 9.97. The fraction of sp³-hybridized carbons (Fsp3) is 0.323. The normalized spacial score (nSPS) is 14.4. The average Bonchev–Trinajstić information content (AvgIpc) is 2.94. The zero-order valence-corrected chi connectivity index (χ0v) is 21.6. The van der Waals surface area contributed by atoms with Gasteiger partial charge in [0.1, 0.15) is 0 Å². The summed E-state index contributed by atoms with van der Waals surface area (Å²) in [5.41, 5.74) is 3.40. The largest absolute Gasteiger partial charge is 0.481 e. The van der Waals surface area contributed by atoms with E-state index < -0.39 is 23.5 Å². The fourth-order valence-corrected chi connectivity index (χ4v) is 5.01. The molecular weight excluding hydrogens is 502 g/mol. The molecule has 0 radical (unpaired) electrons. The van der Waals surface area contributed by atoms with E-state index in [2.05, 4.69) is 22.8 Å². The zero-order valence-electron chi connectivity index (χ0n) is 21.6. The molecule has 6 nitrogen and oxygen atoms in total. The SMILES string of the molecule is O=C(O)CCNC(=O)c1ccc(CC(C(=O)Nc2ccc(F)c(F)c2)c2ccc(C3CCCCC3)cc2)cc1. The number of rotatable bonds is 10. The second-order valence-corrected chi connectivity index (χ2v) is 9.97. The summed E-state index contributed by atoms with van der Waals surface area (Å²) < 4.78 is 27.1. The number of nitrogens with one attached hydrogen (secondary N) is 2. The minimum Gasteiger partial charge on any atom is -0.481 e. The minimum atomic E-state index is -1.04. The van der Waals surface area contributed by atoms with Crippen LogP contribution in [-0.2, 0) is 16.0 Å². The van der Waals surface area contributed by atoms with Crippen molar-refractivity contribution in [1.29, 1.82) is 0 Å². The Bertz CT molecular complexity index is 1300. The summed E-state index contributed by atoms with van der Waals surface area (Å²) in [5.74, 6) is -3.86. The molecule has 3 aromatic rings. The van der Waals surface area contributed by atoms with Crippen LogP contribution < -0.4 is 10.6 Å². The lowest BCUT2D eigenvalue weighted by atomic mass is 9.83. The molecule has 1 aliphatic carbocycles. The molecule has 0 heterocycles. The van der Waals surface area contributed by atoms with Gasteiger partial charge in [0.05, 0.1) is 12.3 Å². The van der Waals surface area contributed by atoms with Gasteiger partial charge in [-0.05, 0) is 66.1 Å². The van der Waals surface area contributed by atoms with E-state index in [1.807, 2.05) is 12.1 Å². The smallest absolute Gasteiger partial charge is 0.305 e. The number of benzene rings is 3. The molecule has 1 unspecified atom stereocenters. The molecule has 1 fully saturated rings. The van der Waals surface area contributed by atoms with Crippen molar-refractivity contribution in [2.24, 2.45) is 0 Å². The Kier molecular flexibility index (Phi) is 9.41. The third kappa shape index (κ3) is 7.72. The minimum absolute atomic E-state index is 0.0268. The van der Waals surface area contributed by atoms with E-state index in [4.69, 9.17) is 5.11 Å². The third-order valence-electron chi connectivity index (χ3n) is 7.20. The highest BCUT2D eigenvalue weighted by atomic mass is 19.2. The summed E-state index contributed by atoms with van der Waals surface area (Å²) in [4.78, 5) is 36.4. The Hall–Kier alpha value is -4.07. The maximum atomic E-state index is 13.8. The van der Waals surface area contributed by atoms with Crippen LogP contribution in [0.2, 0.25) is 0 Å². The molecule has 0 bridgehead atoms. The van der Waals surface area contributed by atoms with Crippen LogP contribution >= 0.6 is 0 Å². The van der Waals surface area contributed by atoms with Crippen LogP contribution in [0.15, 0.2) is 66.7 Å². The highest BCUT2D eigenvalue weighted by molar-refractivity contribution is 5.96. The summed E-state index contributed by atoms with van der Waals surface area (Å²) in [6, 6.07) is 18.1. The van der Waals surface area contributed by atoms with Crippen LogP contribution in [0, 0.1) is 11.6 Å². The molecule has 0 aromatic heterocycles. The van der Waals surface area contributed by atoms with E-state index in [1.165, 1.54) is 30.9 Å². The van der Waals surface area contributed by atoms with Crippen LogP contribution in [0.5, 0.6) is 0 Å². The van der Waals surface area contributed by atoms with E-state index in [1.54, 1.807) is 24.3 Å². The Morgan fingerprint density at radius 2 is 1.56 bits per heavy atom. The lowest BCUT2D eigenvalue weighted by molar-refractivity contribution is -0.136. The van der Waals surface area contributed by atoms with Gasteiger partial charge < -0.3 is 15.7 Å². The molecule has 8 heteroatoms. The quantitative estimate of drug-likeness (QED) is 0.289. The third-order valence-corrected chi connectivity index (χ3v) is 7.20. The van der Waals surface area contributed by atoms with Gasteiger partial charge in [0.15, 0.2) is 11.6 Å². The molecule has 0 saturated heterocycles. The van der Waals surface area contributed by atoms with Crippen molar-refractivity contribution in [3.05, 3.63) is 101 Å². The lowest BCUT2D eigenvalue weighted by Gasteiger charge is -2.23. The van der Waals surface area contributed by atoms with Crippen LogP contribution in [0.1, 0.15) is 77.4 Å². The molecular formula is C31H32F2N2O4. The Balaban J connectivity index is 1.52. The van der Waals surface area contributed by atoms with Crippen molar-refractivity contribution in [3.63, 3.8) is 0 Å². The topological polar surface area (TPSA) is 95.5 Å². The summed E-state index contributed by atoms with van der Waals surface area (Å²) in [5, 5.41) is 14.0. The van der Waals surface area contributed by atoms with E-state index in [0.717, 1.165) is 36.1 Å². The first-order chi connectivity index (χ1) is 18.8. The Morgan fingerprint density at radius 1 is 0.872 bits per heavy atom. The molecule has 1 saturated carbocycles. The summed E-state index contributed by atoms with van der Waals surface area (Å²) >= 11 is 0. The van der Waals surface area contributed by atoms with Gasteiger partial charge >= 0.3 is 5.97 Å². The van der Waals surface area contributed by atoms with Gasteiger partial charge in [0.25, 0.3) is 5.91 Å². The van der Waals surface area contributed by atoms with Gasteiger partial charge in [-0.15, -0.1) is 0 Å². The number of halogens is 2. The maximum absolute atomic E-state index is 13.8. The van der Waals surface area contributed by atoms with Gasteiger partial charge in [0.2, 0.25) is 5.91 Å². The Labute approximate surface area is 226 Å². The zero-order chi connectivity index (χ0) is 27.8. The highest BCUT2D eigenvalue weighted by Crippen LogP contribution is 2.34. The number of hydrogen-bond donors (Lipinski definition) is 3. The van der Waals surface area contributed by atoms with Crippen molar-refractivity contribution >= 4 is 23.5 Å². The van der Waals surface area contributed by atoms with Crippen LogP contribution in [0.4, 0.5) is 14.5 Å². The first kappa shape index (κ1) is 28.0. The number of carbonyl (C=O) groups is 3. The number of carbonyl (C=O) groups excluding carboxylic acids is 2. The monoisotopic (exact) mass is 534 g/mol. The van der Waals surface area contributed by atoms with Crippen LogP contribution in [0.3, 0.4) is 0 Å². The van der Waals surface area contributed by atoms with E-state index in [0.29, 0.717) is 17.9 Å². The van der Waals surface area contributed by atoms with E-state index in [-0.39, 0.29) is 30.5 Å². The van der Waals surface area contributed by atoms with Gasteiger partial charge in [-0.1, -0.05) is 55.7 Å². The number of hydrogen-bond acceptors (Lipinski definition) is 3. The number of aliphatic carboxylic acids is 1. The highest BCUT2D eigenvalue weighted by Gasteiger charge is 2.23. The van der Waals surface area contributed by atoms with Gasteiger partial charge in [-0.3, -0.25) is 14.4 Å². The number of carboxylic acids is 1. The van der Waals surface area contributed by atoms with Gasteiger partial charge in [-0.25, -0.2) is 8.78 Å². The van der Waals surface area contributed by atoms with Gasteiger partial charge in [-0.2, -0.15) is 0 Å². The van der Waals surface area contributed by atoms with E-state index in [9.17, 15) is 23.2 Å². The Morgan fingerprint density at radius 3 is 2.21 bits per heavy atom. The molecule has 3 N–H and O–H groups in total. The van der Waals surface area contributed by atoms with Crippen LogP contribution in [-0.4, -0.2) is 29.4 Å². The molecule has 39 heavy (non-hydrogen) atoms. The summed E-state index contributed by atoms with van der Waals surface area (Å²) in [7, 11) is 0. The summed E-state index contributed by atoms with van der Waals surface area (Å²) in [6.45, 7) is 0.0268. The predicted octanol–water partition coefficient (Wildman–Crippen LogP) is 6.18. The molecule has 204 valence electrons. The standard InChI is InChI=1S/C31H32F2N2O4/c32-27-15-14-25(19-28(27)33)35-31(39)26(23-12-10-22(11-13-23)21-4-2-1-3-5-21)18-20-6-8-24(9-7-20)30(38)34-17-16-29(36)37/h6-15,19,21,26H,1-5,16-18H2,(H,34,38)(H,35,39)(H,36,37). The number of anilines is 1. The summed E-state index contributed by atoms with van der Waals surface area (Å²) in [6.07, 6.45) is 6.19. The van der Waals surface area contributed by atoms with Crippen LogP contribution in [0.25, 0.3) is 0 Å². The molecule has 3 aromatic carbocycles. The van der Waals surface area contributed by atoms with Crippen molar-refractivity contribution < 1.29 is 28.3 Å². The van der Waals surface area contributed by atoms with Crippen molar-refractivity contribution in [2.45, 2.75) is 56.8 Å². The van der Waals surface area contributed by atoms with Crippen molar-refractivity contribution in [2.75, 3.05) is 11.9 Å². The number of carboxylic acid groups (broad SMARTS) is 1. The first-order valence-electron chi connectivity index (χ1n) is 13.2. The second kappa shape index (κ2) is 13.1. The molecule has 2 amide bonds. The van der Waals surface area contributed by atoms with Gasteiger partial charge in [0, 0.05) is 23.9 Å². The molecule has 0 aliphatic heterocycles. The average molecular weight is 535 g/mol. The molecule has 4 rings (SSSR count). The maximum Gasteiger partial charge on any atom is 0.305 e. The predicted molar refractivity (Wildman–Crippen MR) is 145 cm³/mol. The van der Waals surface area contributed by atoms with E-state index >= 15 is 0 Å². The number of amides is 2. The first-order valence-corrected chi connectivity index (χ1v) is 13.2. The molecule has 0 spiro atoms. The van der Waals surface area contributed by atoms with Crippen molar-refractivity contribution in [1.82, 2.24) is 5.32 Å². The van der Waals surface area contributed by atoms with Crippen molar-refractivity contribution in [3.8, 4) is 0 Å².